The van der Waals surface area contributed by atoms with Crippen molar-refractivity contribution >= 4 is 0 Å². The molecule has 0 N–H and O–H groups in total. The highest BCUT2D eigenvalue weighted by molar-refractivity contribution is 5.30. The van der Waals surface area contributed by atoms with Crippen LogP contribution in [0.4, 0.5) is 13.2 Å². The number of halogens is 3. The molecule has 2 aliphatic rings. The Morgan fingerprint density at radius 2 is 1.92 bits per heavy atom. The van der Waals surface area contributed by atoms with Crippen LogP contribution in [0.25, 0.3) is 0 Å². The van der Waals surface area contributed by atoms with Crippen molar-refractivity contribution in [2.45, 2.75) is 31.2 Å². The Bertz CT molecular complexity index is 576. The summed E-state index contributed by atoms with van der Waals surface area (Å²) in [7, 11) is 6.25. The Labute approximate surface area is 141 Å². The first-order chi connectivity index (χ1) is 11.3. The second kappa shape index (κ2) is 6.56. The molecule has 24 heavy (non-hydrogen) atoms. The minimum atomic E-state index is -4.34. The van der Waals surface area contributed by atoms with E-state index in [-0.39, 0.29) is 6.10 Å². The molecule has 134 valence electrons. The lowest BCUT2D eigenvalue weighted by molar-refractivity contribution is -0.137. The Hall–Kier alpha value is -1.27. The summed E-state index contributed by atoms with van der Waals surface area (Å²) in [6.45, 7) is 1.86. The number of ether oxygens (including phenoxy) is 1. The van der Waals surface area contributed by atoms with Crippen LogP contribution in [0, 0.1) is 11.8 Å². The molecule has 3 nitrogen and oxygen atoms in total. The van der Waals surface area contributed by atoms with Gasteiger partial charge in [-0.1, -0.05) is 6.07 Å². The lowest BCUT2D eigenvalue weighted by Gasteiger charge is -2.51. The van der Waals surface area contributed by atoms with Crippen LogP contribution in [0.15, 0.2) is 24.3 Å². The predicted molar refractivity (Wildman–Crippen MR) is 87.0 cm³/mol. The van der Waals surface area contributed by atoms with E-state index in [2.05, 4.69) is 30.9 Å². The summed E-state index contributed by atoms with van der Waals surface area (Å²) < 4.78 is 44.9. The first-order valence-electron chi connectivity index (χ1n) is 8.44. The van der Waals surface area contributed by atoms with Crippen LogP contribution < -0.4 is 4.74 Å². The number of piperidine rings is 1. The number of rotatable bonds is 3. The molecule has 2 fully saturated rings. The topological polar surface area (TPSA) is 15.7 Å². The molecule has 1 aliphatic heterocycles. The fourth-order valence-corrected chi connectivity index (χ4v) is 4.31. The van der Waals surface area contributed by atoms with Gasteiger partial charge in [-0.2, -0.15) is 13.2 Å². The van der Waals surface area contributed by atoms with Crippen molar-refractivity contribution in [3.63, 3.8) is 0 Å². The molecule has 0 amide bonds. The summed E-state index contributed by atoms with van der Waals surface area (Å²) in [5, 5.41) is 0. The summed E-state index contributed by atoms with van der Waals surface area (Å²) >= 11 is 0. The zero-order valence-corrected chi connectivity index (χ0v) is 14.4. The molecular weight excluding hydrogens is 317 g/mol. The predicted octanol–water partition coefficient (Wildman–Crippen LogP) is 3.35. The molecule has 1 saturated carbocycles. The lowest BCUT2D eigenvalue weighted by atomic mass is 9.72. The van der Waals surface area contributed by atoms with E-state index in [1.54, 1.807) is 6.07 Å². The van der Waals surface area contributed by atoms with Gasteiger partial charge in [0.1, 0.15) is 11.9 Å². The largest absolute Gasteiger partial charge is 0.490 e. The molecule has 0 radical (unpaired) electrons. The highest BCUT2D eigenvalue weighted by atomic mass is 19.4. The number of fused-ring (bicyclic) bond motifs is 2. The van der Waals surface area contributed by atoms with Crippen LogP contribution in [0.1, 0.15) is 18.4 Å². The molecule has 1 aliphatic carbocycles. The highest BCUT2D eigenvalue weighted by Gasteiger charge is 2.46. The van der Waals surface area contributed by atoms with Crippen LogP contribution >= 0.6 is 0 Å². The van der Waals surface area contributed by atoms with E-state index >= 15 is 0 Å². The summed E-state index contributed by atoms with van der Waals surface area (Å²) in [4.78, 5) is 4.54. The van der Waals surface area contributed by atoms with Crippen molar-refractivity contribution in [1.82, 2.24) is 9.80 Å². The zero-order chi connectivity index (χ0) is 17.5. The molecule has 1 heterocycles. The summed E-state index contributed by atoms with van der Waals surface area (Å²) in [5.74, 6) is 1.01. The highest BCUT2D eigenvalue weighted by Crippen LogP contribution is 2.39. The molecule has 1 aromatic carbocycles. The quantitative estimate of drug-likeness (QED) is 0.838. The van der Waals surface area contributed by atoms with Gasteiger partial charge in [0.2, 0.25) is 0 Å². The fourth-order valence-electron chi connectivity index (χ4n) is 4.31. The van der Waals surface area contributed by atoms with Gasteiger partial charge in [0.25, 0.3) is 0 Å². The molecule has 2 unspecified atom stereocenters. The fraction of sp³-hybridized carbons (Fsp3) is 0.667. The smallest absolute Gasteiger partial charge is 0.416 e. The number of likely N-dealkylation sites (tertiary alicyclic amines) is 1. The number of hydrogen-bond donors (Lipinski definition) is 0. The van der Waals surface area contributed by atoms with Crippen molar-refractivity contribution in [2.24, 2.45) is 11.8 Å². The molecule has 0 spiro atoms. The number of hydrogen-bond acceptors (Lipinski definition) is 3. The SMILES string of the molecule is CN1CC2CC[C@@H](N(C)C)C(C1)[C@@H]2Oc1cccc(C(F)(F)F)c1. The summed E-state index contributed by atoms with van der Waals surface area (Å²) in [6, 6.07) is 5.67. The van der Waals surface area contributed by atoms with E-state index in [4.69, 9.17) is 4.74 Å². The van der Waals surface area contributed by atoms with Crippen LogP contribution in [-0.4, -0.2) is 56.2 Å². The minimum Gasteiger partial charge on any atom is -0.490 e. The Balaban J connectivity index is 1.83. The first-order valence-corrected chi connectivity index (χ1v) is 8.44. The van der Waals surface area contributed by atoms with E-state index in [1.807, 2.05) is 0 Å². The van der Waals surface area contributed by atoms with Crippen molar-refractivity contribution in [1.29, 1.82) is 0 Å². The van der Waals surface area contributed by atoms with Gasteiger partial charge in [-0.15, -0.1) is 0 Å². The lowest BCUT2D eigenvalue weighted by Crippen LogP contribution is -2.60. The Morgan fingerprint density at radius 3 is 2.58 bits per heavy atom. The van der Waals surface area contributed by atoms with Crippen molar-refractivity contribution < 1.29 is 17.9 Å². The molecule has 1 saturated heterocycles. The third-order valence-electron chi connectivity index (χ3n) is 5.38. The average molecular weight is 342 g/mol. The standard InChI is InChI=1S/C18H25F3N2O/c1-22(2)16-8-7-12-10-23(3)11-15(16)17(12)24-14-6-4-5-13(9-14)18(19,20)21/h4-6,9,12,15-17H,7-8,10-11H2,1-3H3/t12?,15?,16-,17-/m1/s1. The summed E-state index contributed by atoms with van der Waals surface area (Å²) in [6.07, 6.45) is -2.19. The molecule has 6 heteroatoms. The molecule has 2 bridgehead atoms. The molecule has 3 rings (SSSR count). The van der Waals surface area contributed by atoms with Crippen LogP contribution in [-0.2, 0) is 6.18 Å². The maximum absolute atomic E-state index is 12.9. The minimum absolute atomic E-state index is 0.0224. The van der Waals surface area contributed by atoms with Crippen LogP contribution in [0.2, 0.25) is 0 Å². The van der Waals surface area contributed by atoms with E-state index in [9.17, 15) is 13.2 Å². The van der Waals surface area contributed by atoms with Gasteiger partial charge in [0.15, 0.2) is 0 Å². The number of benzene rings is 1. The van der Waals surface area contributed by atoms with Gasteiger partial charge in [0.05, 0.1) is 5.56 Å². The van der Waals surface area contributed by atoms with E-state index < -0.39 is 11.7 Å². The molecular formula is C18H25F3N2O. The van der Waals surface area contributed by atoms with Gasteiger partial charge in [-0.25, -0.2) is 0 Å². The van der Waals surface area contributed by atoms with Crippen molar-refractivity contribution in [2.75, 3.05) is 34.2 Å². The second-order valence-corrected chi connectivity index (χ2v) is 7.36. The normalized spacial score (nSPS) is 31.3. The Kier molecular flexibility index (Phi) is 4.80. The Morgan fingerprint density at radius 1 is 1.17 bits per heavy atom. The monoisotopic (exact) mass is 342 g/mol. The number of nitrogens with zero attached hydrogens (tertiary/aromatic N) is 2. The molecule has 0 aromatic heterocycles. The van der Waals surface area contributed by atoms with Crippen LogP contribution in [0.3, 0.4) is 0 Å². The van der Waals surface area contributed by atoms with Gasteiger partial charge >= 0.3 is 6.18 Å². The summed E-state index contributed by atoms with van der Waals surface area (Å²) in [5.41, 5.74) is -0.651. The molecule has 1 aromatic rings. The third-order valence-corrected chi connectivity index (χ3v) is 5.38. The first kappa shape index (κ1) is 17.5. The van der Waals surface area contributed by atoms with Gasteiger partial charge < -0.3 is 14.5 Å². The van der Waals surface area contributed by atoms with Gasteiger partial charge in [-0.05, 0) is 52.2 Å². The van der Waals surface area contributed by atoms with Crippen molar-refractivity contribution in [3.05, 3.63) is 29.8 Å². The van der Waals surface area contributed by atoms with Crippen LogP contribution in [0.5, 0.6) is 5.75 Å². The third kappa shape index (κ3) is 3.54. The maximum atomic E-state index is 12.9. The van der Waals surface area contributed by atoms with Gasteiger partial charge in [0, 0.05) is 31.0 Å². The van der Waals surface area contributed by atoms with Gasteiger partial charge in [-0.3, -0.25) is 0 Å². The van der Waals surface area contributed by atoms with E-state index in [0.29, 0.717) is 23.6 Å². The number of alkyl halides is 3. The maximum Gasteiger partial charge on any atom is 0.416 e. The van der Waals surface area contributed by atoms with E-state index in [0.717, 1.165) is 38.1 Å². The average Bonchev–Trinajstić information content (AvgIpc) is 2.47. The molecule has 4 atom stereocenters. The second-order valence-electron chi connectivity index (χ2n) is 7.36. The van der Waals surface area contributed by atoms with E-state index in [1.165, 1.54) is 6.07 Å². The zero-order valence-electron chi connectivity index (χ0n) is 14.4. The van der Waals surface area contributed by atoms with Crippen molar-refractivity contribution in [3.8, 4) is 5.75 Å².